The SMILES string of the molecule is CC.CNC1CCc2c(c3ccc(Br)nc3n2C)C1. The van der Waals surface area contributed by atoms with Crippen molar-refractivity contribution in [2.24, 2.45) is 7.05 Å². The second-order valence-corrected chi connectivity index (χ2v) is 5.53. The summed E-state index contributed by atoms with van der Waals surface area (Å²) in [6.07, 6.45) is 3.48. The van der Waals surface area contributed by atoms with Gasteiger partial charge in [-0.1, -0.05) is 13.8 Å². The summed E-state index contributed by atoms with van der Waals surface area (Å²) in [4.78, 5) is 4.59. The van der Waals surface area contributed by atoms with Crippen molar-refractivity contribution in [2.75, 3.05) is 7.05 Å². The number of hydrogen-bond donors (Lipinski definition) is 1. The van der Waals surface area contributed by atoms with Gasteiger partial charge in [-0.25, -0.2) is 4.98 Å². The van der Waals surface area contributed by atoms with E-state index in [1.165, 1.54) is 23.1 Å². The van der Waals surface area contributed by atoms with E-state index in [4.69, 9.17) is 0 Å². The molecule has 0 aromatic carbocycles. The van der Waals surface area contributed by atoms with Crippen LogP contribution in [0.2, 0.25) is 0 Å². The van der Waals surface area contributed by atoms with E-state index < -0.39 is 0 Å². The van der Waals surface area contributed by atoms with Crippen molar-refractivity contribution in [3.05, 3.63) is 28.0 Å². The fourth-order valence-corrected chi connectivity index (χ4v) is 3.15. The predicted molar refractivity (Wildman–Crippen MR) is 84.6 cm³/mol. The smallest absolute Gasteiger partial charge is 0.141 e. The van der Waals surface area contributed by atoms with Crippen LogP contribution in [-0.4, -0.2) is 22.6 Å². The number of nitrogens with zero attached hydrogens (tertiary/aromatic N) is 2. The van der Waals surface area contributed by atoms with Crippen molar-refractivity contribution in [3.63, 3.8) is 0 Å². The van der Waals surface area contributed by atoms with Gasteiger partial charge in [0, 0.05) is 24.2 Å². The Morgan fingerprint density at radius 2 is 2.11 bits per heavy atom. The van der Waals surface area contributed by atoms with Crippen molar-refractivity contribution < 1.29 is 0 Å². The van der Waals surface area contributed by atoms with Crippen LogP contribution in [0.4, 0.5) is 0 Å². The summed E-state index contributed by atoms with van der Waals surface area (Å²) < 4.78 is 3.16. The first kappa shape index (κ1) is 14.5. The van der Waals surface area contributed by atoms with E-state index in [0.29, 0.717) is 6.04 Å². The van der Waals surface area contributed by atoms with Crippen LogP contribution in [0.1, 0.15) is 31.5 Å². The number of halogens is 1. The molecule has 2 aromatic rings. The minimum Gasteiger partial charge on any atom is -0.332 e. The zero-order valence-electron chi connectivity index (χ0n) is 12.1. The van der Waals surface area contributed by atoms with Crippen LogP contribution in [0.3, 0.4) is 0 Å². The first-order valence-electron chi connectivity index (χ1n) is 7.00. The lowest BCUT2D eigenvalue weighted by Crippen LogP contribution is -2.31. The fourth-order valence-electron chi connectivity index (χ4n) is 2.85. The van der Waals surface area contributed by atoms with E-state index in [2.05, 4.69) is 51.0 Å². The van der Waals surface area contributed by atoms with Crippen LogP contribution in [0.15, 0.2) is 16.7 Å². The van der Waals surface area contributed by atoms with Gasteiger partial charge in [-0.3, -0.25) is 0 Å². The molecule has 0 saturated heterocycles. The molecule has 1 aliphatic rings. The van der Waals surface area contributed by atoms with Crippen LogP contribution in [-0.2, 0) is 19.9 Å². The Balaban J connectivity index is 0.000000637. The Hall–Kier alpha value is -0.870. The van der Waals surface area contributed by atoms with E-state index in [-0.39, 0.29) is 0 Å². The van der Waals surface area contributed by atoms with Crippen molar-refractivity contribution in [3.8, 4) is 0 Å². The van der Waals surface area contributed by atoms with Gasteiger partial charge in [0.1, 0.15) is 10.3 Å². The molecule has 2 heterocycles. The third-order valence-electron chi connectivity index (χ3n) is 3.83. The van der Waals surface area contributed by atoms with Gasteiger partial charge in [0.25, 0.3) is 0 Å². The highest BCUT2D eigenvalue weighted by Crippen LogP contribution is 2.31. The van der Waals surface area contributed by atoms with Gasteiger partial charge in [0.15, 0.2) is 0 Å². The van der Waals surface area contributed by atoms with E-state index in [1.807, 2.05) is 19.9 Å². The van der Waals surface area contributed by atoms with Crippen LogP contribution < -0.4 is 5.32 Å². The molecule has 3 nitrogen and oxygen atoms in total. The largest absolute Gasteiger partial charge is 0.332 e. The molecule has 0 amide bonds. The highest BCUT2D eigenvalue weighted by molar-refractivity contribution is 9.10. The van der Waals surface area contributed by atoms with Crippen LogP contribution in [0.5, 0.6) is 0 Å². The summed E-state index contributed by atoms with van der Waals surface area (Å²) in [5.74, 6) is 0. The molecule has 1 N–H and O–H groups in total. The molecule has 1 aliphatic carbocycles. The average molecular weight is 324 g/mol. The summed E-state index contributed by atoms with van der Waals surface area (Å²) in [6.45, 7) is 4.00. The van der Waals surface area contributed by atoms with Crippen LogP contribution >= 0.6 is 15.9 Å². The monoisotopic (exact) mass is 323 g/mol. The minimum absolute atomic E-state index is 0.608. The molecule has 0 spiro atoms. The number of nitrogens with one attached hydrogen (secondary N) is 1. The summed E-state index contributed by atoms with van der Waals surface area (Å²) in [7, 11) is 4.18. The van der Waals surface area contributed by atoms with Crippen LogP contribution in [0, 0.1) is 0 Å². The molecule has 0 saturated carbocycles. The molecule has 0 aliphatic heterocycles. The third kappa shape index (κ3) is 2.56. The summed E-state index contributed by atoms with van der Waals surface area (Å²) in [5.41, 5.74) is 4.03. The summed E-state index contributed by atoms with van der Waals surface area (Å²) in [6, 6.07) is 4.83. The molecule has 0 fully saturated rings. The first-order chi connectivity index (χ1) is 9.20. The molecule has 104 valence electrons. The van der Waals surface area contributed by atoms with Crippen molar-refractivity contribution in [1.82, 2.24) is 14.9 Å². The van der Waals surface area contributed by atoms with Gasteiger partial charge < -0.3 is 9.88 Å². The Kier molecular flexibility index (Phi) is 4.63. The molecule has 0 radical (unpaired) electrons. The standard InChI is InChI=1S/C13H16BrN3.C2H6/c1-15-8-3-5-11-10(7-8)9-4-6-12(14)16-13(9)17(11)2;1-2/h4,6,8,15H,3,5,7H2,1-2H3;1-2H3. The zero-order chi connectivity index (χ0) is 14.0. The summed E-state index contributed by atoms with van der Waals surface area (Å²) in [5, 5.41) is 4.70. The topological polar surface area (TPSA) is 29.9 Å². The second kappa shape index (κ2) is 6.06. The third-order valence-corrected chi connectivity index (χ3v) is 4.27. The van der Waals surface area contributed by atoms with Gasteiger partial charge in [0.05, 0.1) is 0 Å². The Bertz CT molecular complexity index is 574. The molecule has 1 unspecified atom stereocenters. The average Bonchev–Trinajstić information content (AvgIpc) is 2.73. The van der Waals surface area contributed by atoms with Crippen molar-refractivity contribution in [1.29, 1.82) is 0 Å². The first-order valence-corrected chi connectivity index (χ1v) is 7.80. The van der Waals surface area contributed by atoms with Gasteiger partial charge in [-0.05, 0) is 59.9 Å². The van der Waals surface area contributed by atoms with Crippen LogP contribution in [0.25, 0.3) is 11.0 Å². The van der Waals surface area contributed by atoms with E-state index >= 15 is 0 Å². The maximum atomic E-state index is 4.59. The van der Waals surface area contributed by atoms with E-state index in [0.717, 1.165) is 23.1 Å². The maximum absolute atomic E-state index is 4.59. The normalized spacial score (nSPS) is 17.8. The Morgan fingerprint density at radius 1 is 1.37 bits per heavy atom. The lowest BCUT2D eigenvalue weighted by atomic mass is 9.92. The number of pyridine rings is 1. The molecule has 4 heteroatoms. The Labute approximate surface area is 123 Å². The Morgan fingerprint density at radius 3 is 2.79 bits per heavy atom. The number of aromatic nitrogens is 2. The molecular weight excluding hydrogens is 302 g/mol. The number of aryl methyl sites for hydroxylation is 1. The number of rotatable bonds is 1. The predicted octanol–water partition coefficient (Wildman–Crippen LogP) is 3.44. The highest BCUT2D eigenvalue weighted by Gasteiger charge is 2.23. The molecule has 1 atom stereocenters. The highest BCUT2D eigenvalue weighted by atomic mass is 79.9. The van der Waals surface area contributed by atoms with Crippen molar-refractivity contribution in [2.45, 2.75) is 39.2 Å². The van der Waals surface area contributed by atoms with Gasteiger partial charge >= 0.3 is 0 Å². The van der Waals surface area contributed by atoms with E-state index in [1.54, 1.807) is 0 Å². The molecule has 3 rings (SSSR count). The quantitative estimate of drug-likeness (QED) is 0.815. The lowest BCUT2D eigenvalue weighted by Gasteiger charge is -2.22. The second-order valence-electron chi connectivity index (χ2n) is 4.72. The minimum atomic E-state index is 0.608. The lowest BCUT2D eigenvalue weighted by molar-refractivity contribution is 0.488. The van der Waals surface area contributed by atoms with Crippen molar-refractivity contribution >= 4 is 27.0 Å². The summed E-state index contributed by atoms with van der Waals surface area (Å²) >= 11 is 3.45. The fraction of sp³-hybridized carbons (Fsp3) is 0.533. The number of fused-ring (bicyclic) bond motifs is 3. The number of likely N-dealkylation sites (N-methyl/N-ethyl adjacent to an activating group) is 1. The number of hydrogen-bond acceptors (Lipinski definition) is 2. The molecule has 0 bridgehead atoms. The van der Waals surface area contributed by atoms with Gasteiger partial charge in [0.2, 0.25) is 0 Å². The van der Waals surface area contributed by atoms with Gasteiger partial charge in [-0.2, -0.15) is 0 Å². The van der Waals surface area contributed by atoms with Gasteiger partial charge in [-0.15, -0.1) is 0 Å². The maximum Gasteiger partial charge on any atom is 0.141 e. The van der Waals surface area contributed by atoms with E-state index in [9.17, 15) is 0 Å². The zero-order valence-corrected chi connectivity index (χ0v) is 13.7. The molecule has 19 heavy (non-hydrogen) atoms. The molecule has 2 aromatic heterocycles. The molecular formula is C15H22BrN3.